The Bertz CT molecular complexity index is 205. The monoisotopic (exact) mass is 208 g/mol. The van der Waals surface area contributed by atoms with E-state index >= 15 is 0 Å². The summed E-state index contributed by atoms with van der Waals surface area (Å²) < 4.78 is 0. The summed E-state index contributed by atoms with van der Waals surface area (Å²) in [6.45, 7) is 1.57. The molecular formula is C7H12O5S. The molecule has 0 bridgehead atoms. The van der Waals surface area contributed by atoms with Crippen molar-refractivity contribution in [3.05, 3.63) is 0 Å². The fourth-order valence-electron chi connectivity index (χ4n) is 0.893. The molecule has 5 nitrogen and oxygen atoms in total. The first-order valence-electron chi connectivity index (χ1n) is 3.58. The van der Waals surface area contributed by atoms with Gasteiger partial charge in [-0.3, -0.25) is 4.79 Å². The van der Waals surface area contributed by atoms with Crippen molar-refractivity contribution in [1.82, 2.24) is 0 Å². The normalized spacial score (nSPS) is 17.5. The molecule has 3 atom stereocenters. The van der Waals surface area contributed by atoms with Crippen LogP contribution in [-0.4, -0.2) is 44.9 Å². The van der Waals surface area contributed by atoms with Crippen molar-refractivity contribution in [2.75, 3.05) is 6.26 Å². The molecule has 0 aromatic heterocycles. The highest BCUT2D eigenvalue weighted by Gasteiger charge is 2.36. The van der Waals surface area contributed by atoms with Gasteiger partial charge in [-0.05, 0) is 6.26 Å². The van der Waals surface area contributed by atoms with Crippen LogP contribution in [0.4, 0.5) is 0 Å². The molecule has 0 saturated heterocycles. The van der Waals surface area contributed by atoms with Crippen molar-refractivity contribution in [3.8, 4) is 0 Å². The molecule has 76 valence electrons. The molecule has 0 rings (SSSR count). The van der Waals surface area contributed by atoms with Crippen LogP contribution in [0.15, 0.2) is 0 Å². The molecule has 0 radical (unpaired) electrons. The molecule has 0 saturated carbocycles. The van der Waals surface area contributed by atoms with Gasteiger partial charge < -0.3 is 15.3 Å². The first kappa shape index (κ1) is 12.2. The van der Waals surface area contributed by atoms with Crippen molar-refractivity contribution in [2.24, 2.45) is 5.92 Å². The zero-order valence-corrected chi connectivity index (χ0v) is 8.11. The van der Waals surface area contributed by atoms with Gasteiger partial charge in [-0.1, -0.05) is 6.92 Å². The Morgan fingerprint density at radius 2 is 1.69 bits per heavy atom. The molecule has 13 heavy (non-hydrogen) atoms. The van der Waals surface area contributed by atoms with Gasteiger partial charge in [0.05, 0.1) is 0 Å². The molecule has 0 aliphatic heterocycles. The topological polar surface area (TPSA) is 94.8 Å². The standard InChI is InChI=1S/C7H12O5S/c1-3(13-2)4(6(9)10)5(8)7(11)12/h3-5,8H,1-2H3,(H,9,10)(H,11,12). The fraction of sp³-hybridized carbons (Fsp3) is 0.714. The first-order chi connectivity index (χ1) is 5.91. The highest BCUT2D eigenvalue weighted by molar-refractivity contribution is 7.99. The van der Waals surface area contributed by atoms with Gasteiger partial charge in [0.1, 0.15) is 5.92 Å². The van der Waals surface area contributed by atoms with E-state index in [1.54, 1.807) is 13.2 Å². The van der Waals surface area contributed by atoms with Gasteiger partial charge in [0.2, 0.25) is 0 Å². The Labute approximate surface area is 79.8 Å². The number of carbonyl (C=O) groups is 2. The van der Waals surface area contributed by atoms with Gasteiger partial charge in [0.25, 0.3) is 0 Å². The molecule has 0 heterocycles. The van der Waals surface area contributed by atoms with E-state index < -0.39 is 29.2 Å². The van der Waals surface area contributed by atoms with Crippen molar-refractivity contribution in [2.45, 2.75) is 18.3 Å². The van der Waals surface area contributed by atoms with E-state index in [0.717, 1.165) is 0 Å². The SMILES string of the molecule is CSC(C)C(C(=O)O)C(O)C(=O)O. The summed E-state index contributed by atoms with van der Waals surface area (Å²) in [6.07, 6.45) is -0.185. The molecule has 0 fully saturated rings. The lowest BCUT2D eigenvalue weighted by atomic mass is 9.99. The molecule has 0 spiro atoms. The van der Waals surface area contributed by atoms with Crippen LogP contribution in [0.25, 0.3) is 0 Å². The Morgan fingerprint density at radius 1 is 1.23 bits per heavy atom. The first-order valence-corrected chi connectivity index (χ1v) is 4.87. The number of rotatable bonds is 5. The maximum atomic E-state index is 10.6. The van der Waals surface area contributed by atoms with Crippen LogP contribution >= 0.6 is 11.8 Å². The van der Waals surface area contributed by atoms with Crippen LogP contribution in [0.1, 0.15) is 6.92 Å². The third-order valence-corrected chi connectivity index (χ3v) is 2.79. The number of carboxylic acids is 2. The number of aliphatic hydroxyl groups excluding tert-OH is 1. The van der Waals surface area contributed by atoms with Gasteiger partial charge >= 0.3 is 11.9 Å². The summed E-state index contributed by atoms with van der Waals surface area (Å²) in [4.78, 5) is 21.0. The van der Waals surface area contributed by atoms with Crippen molar-refractivity contribution >= 4 is 23.7 Å². The molecule has 6 heteroatoms. The highest BCUT2D eigenvalue weighted by atomic mass is 32.2. The molecule has 0 aliphatic rings. The van der Waals surface area contributed by atoms with Crippen LogP contribution in [-0.2, 0) is 9.59 Å². The minimum Gasteiger partial charge on any atom is -0.481 e. The third kappa shape index (κ3) is 3.23. The van der Waals surface area contributed by atoms with Gasteiger partial charge in [-0.15, -0.1) is 0 Å². The Balaban J connectivity index is 4.60. The second-order valence-corrected chi connectivity index (χ2v) is 3.80. The summed E-state index contributed by atoms with van der Waals surface area (Å²) in [5.74, 6) is -4.07. The maximum Gasteiger partial charge on any atom is 0.333 e. The predicted octanol–water partition coefficient (Wildman–Crippen LogP) is -0.116. The zero-order valence-electron chi connectivity index (χ0n) is 7.30. The van der Waals surface area contributed by atoms with Crippen molar-refractivity contribution in [3.63, 3.8) is 0 Å². The quantitative estimate of drug-likeness (QED) is 0.583. The van der Waals surface area contributed by atoms with Crippen LogP contribution in [0.3, 0.4) is 0 Å². The second-order valence-electron chi connectivity index (χ2n) is 2.59. The molecule has 3 N–H and O–H groups in total. The van der Waals surface area contributed by atoms with E-state index in [4.69, 9.17) is 15.3 Å². The Hall–Kier alpha value is -0.750. The summed E-state index contributed by atoms with van der Waals surface area (Å²) in [5, 5.41) is 25.7. The van der Waals surface area contributed by atoms with Crippen LogP contribution in [0, 0.1) is 5.92 Å². The fourth-order valence-corrected chi connectivity index (χ4v) is 1.45. The van der Waals surface area contributed by atoms with E-state index in [1.165, 1.54) is 11.8 Å². The van der Waals surface area contributed by atoms with E-state index in [9.17, 15) is 9.59 Å². The summed E-state index contributed by atoms with van der Waals surface area (Å²) in [7, 11) is 0. The lowest BCUT2D eigenvalue weighted by Gasteiger charge is -2.20. The number of carboxylic acid groups (broad SMARTS) is 2. The van der Waals surface area contributed by atoms with Crippen LogP contribution in [0.2, 0.25) is 0 Å². The largest absolute Gasteiger partial charge is 0.481 e. The van der Waals surface area contributed by atoms with Gasteiger partial charge in [-0.2, -0.15) is 11.8 Å². The molecule has 0 aliphatic carbocycles. The minimum absolute atomic E-state index is 0.441. The molecule has 0 aromatic rings. The molecule has 3 unspecified atom stereocenters. The summed E-state index contributed by atoms with van der Waals surface area (Å²) >= 11 is 1.20. The van der Waals surface area contributed by atoms with Crippen molar-refractivity contribution in [1.29, 1.82) is 0 Å². The van der Waals surface area contributed by atoms with E-state index in [2.05, 4.69) is 0 Å². The molecule has 0 amide bonds. The third-order valence-electron chi connectivity index (χ3n) is 1.76. The lowest BCUT2D eigenvalue weighted by Crippen LogP contribution is -2.40. The van der Waals surface area contributed by atoms with Gasteiger partial charge in [0, 0.05) is 5.25 Å². The number of aliphatic carboxylic acids is 2. The van der Waals surface area contributed by atoms with E-state index in [-0.39, 0.29) is 0 Å². The smallest absolute Gasteiger partial charge is 0.333 e. The number of hydrogen-bond donors (Lipinski definition) is 3. The average Bonchev–Trinajstić information content (AvgIpc) is 2.03. The van der Waals surface area contributed by atoms with Gasteiger partial charge in [-0.25, -0.2) is 4.79 Å². The van der Waals surface area contributed by atoms with E-state index in [0.29, 0.717) is 0 Å². The minimum atomic E-state index is -1.85. The van der Waals surface area contributed by atoms with E-state index in [1.807, 2.05) is 0 Å². The zero-order chi connectivity index (χ0) is 10.6. The number of hydrogen-bond acceptors (Lipinski definition) is 4. The maximum absolute atomic E-state index is 10.6. The second kappa shape index (κ2) is 5.08. The number of thioether (sulfide) groups is 1. The predicted molar refractivity (Wildman–Crippen MR) is 47.7 cm³/mol. The van der Waals surface area contributed by atoms with Crippen LogP contribution in [0.5, 0.6) is 0 Å². The lowest BCUT2D eigenvalue weighted by molar-refractivity contribution is -0.159. The highest BCUT2D eigenvalue weighted by Crippen LogP contribution is 2.20. The molecular weight excluding hydrogens is 196 g/mol. The van der Waals surface area contributed by atoms with Crippen molar-refractivity contribution < 1.29 is 24.9 Å². The Kier molecular flexibility index (Phi) is 4.79. The number of aliphatic hydroxyl groups is 1. The summed E-state index contributed by atoms with van der Waals surface area (Å²) in [5.41, 5.74) is 0. The Morgan fingerprint density at radius 3 is 1.92 bits per heavy atom. The molecule has 0 aromatic carbocycles. The van der Waals surface area contributed by atoms with Gasteiger partial charge in [0.15, 0.2) is 6.10 Å². The van der Waals surface area contributed by atoms with Crippen LogP contribution < -0.4 is 0 Å². The average molecular weight is 208 g/mol. The summed E-state index contributed by atoms with van der Waals surface area (Å²) in [6, 6.07) is 0.